The van der Waals surface area contributed by atoms with Crippen molar-refractivity contribution in [3.8, 4) is 5.75 Å². The smallest absolute Gasteiger partial charge is 0.255 e. The van der Waals surface area contributed by atoms with Crippen molar-refractivity contribution in [2.45, 2.75) is 13.3 Å². The van der Waals surface area contributed by atoms with Crippen LogP contribution in [-0.2, 0) is 11.2 Å². The molecule has 0 fully saturated rings. The highest BCUT2D eigenvalue weighted by molar-refractivity contribution is 6.04. The van der Waals surface area contributed by atoms with Crippen molar-refractivity contribution < 1.29 is 14.3 Å². The summed E-state index contributed by atoms with van der Waals surface area (Å²) in [6.45, 7) is 3.29. The highest BCUT2D eigenvalue weighted by Gasteiger charge is 2.07. The number of rotatable bonds is 10. The summed E-state index contributed by atoms with van der Waals surface area (Å²) in [5, 5.41) is 8.82. The van der Waals surface area contributed by atoms with Gasteiger partial charge in [0.05, 0.1) is 13.2 Å². The van der Waals surface area contributed by atoms with Crippen LogP contribution in [0.25, 0.3) is 0 Å². The SMILES string of the molecule is CCOc1ccc(NC(=O)c2ccc(NCC(=O)NCCc3ccccc3)cc2)cc1. The Morgan fingerprint density at radius 2 is 1.52 bits per heavy atom. The minimum absolute atomic E-state index is 0.0757. The Bertz CT molecular complexity index is 971. The van der Waals surface area contributed by atoms with Gasteiger partial charge in [-0.1, -0.05) is 30.3 Å². The van der Waals surface area contributed by atoms with Crippen molar-refractivity contribution >= 4 is 23.2 Å². The molecule has 0 spiro atoms. The molecule has 6 heteroatoms. The highest BCUT2D eigenvalue weighted by Crippen LogP contribution is 2.17. The lowest BCUT2D eigenvalue weighted by molar-refractivity contribution is -0.119. The van der Waals surface area contributed by atoms with Crippen LogP contribution < -0.4 is 20.7 Å². The van der Waals surface area contributed by atoms with Gasteiger partial charge in [0.25, 0.3) is 5.91 Å². The van der Waals surface area contributed by atoms with E-state index in [1.54, 1.807) is 36.4 Å². The third kappa shape index (κ3) is 7.19. The Balaban J connectivity index is 1.41. The predicted octanol–water partition coefficient (Wildman–Crippen LogP) is 4.11. The van der Waals surface area contributed by atoms with E-state index in [1.807, 2.05) is 49.4 Å². The zero-order valence-corrected chi connectivity index (χ0v) is 17.6. The maximum Gasteiger partial charge on any atom is 0.255 e. The Kier molecular flexibility index (Phi) is 8.05. The van der Waals surface area contributed by atoms with Crippen molar-refractivity contribution in [3.63, 3.8) is 0 Å². The van der Waals surface area contributed by atoms with E-state index in [0.717, 1.165) is 17.9 Å². The summed E-state index contributed by atoms with van der Waals surface area (Å²) in [6.07, 6.45) is 0.796. The van der Waals surface area contributed by atoms with E-state index in [9.17, 15) is 9.59 Å². The number of hydrogen-bond donors (Lipinski definition) is 3. The molecule has 0 aliphatic carbocycles. The zero-order chi connectivity index (χ0) is 21.9. The molecule has 0 aromatic heterocycles. The number of anilines is 2. The second-order valence-electron chi connectivity index (χ2n) is 6.93. The average molecular weight is 418 g/mol. The number of carbonyl (C=O) groups is 2. The molecule has 0 unspecified atom stereocenters. The first kappa shape index (κ1) is 21.9. The molecule has 0 saturated heterocycles. The number of amides is 2. The van der Waals surface area contributed by atoms with E-state index < -0.39 is 0 Å². The largest absolute Gasteiger partial charge is 0.494 e. The zero-order valence-electron chi connectivity index (χ0n) is 17.6. The molecule has 0 saturated carbocycles. The summed E-state index contributed by atoms with van der Waals surface area (Å²) >= 11 is 0. The van der Waals surface area contributed by atoms with E-state index >= 15 is 0 Å². The normalized spacial score (nSPS) is 10.2. The first-order valence-corrected chi connectivity index (χ1v) is 10.3. The van der Waals surface area contributed by atoms with Gasteiger partial charge in [0, 0.05) is 23.5 Å². The predicted molar refractivity (Wildman–Crippen MR) is 124 cm³/mol. The van der Waals surface area contributed by atoms with Gasteiger partial charge in [-0.05, 0) is 67.4 Å². The standard InChI is InChI=1S/C25H27N3O3/c1-2-31-23-14-12-22(13-15-23)28-25(30)20-8-10-21(11-9-20)27-18-24(29)26-17-16-19-6-4-3-5-7-19/h3-15,27H,2,16-18H2,1H3,(H,26,29)(H,28,30). The van der Waals surface area contributed by atoms with Gasteiger partial charge in [-0.15, -0.1) is 0 Å². The summed E-state index contributed by atoms with van der Waals surface area (Å²) in [5.74, 6) is 0.489. The van der Waals surface area contributed by atoms with Gasteiger partial charge >= 0.3 is 0 Å². The molecule has 0 aliphatic heterocycles. The molecular weight excluding hydrogens is 390 g/mol. The lowest BCUT2D eigenvalue weighted by Crippen LogP contribution is -2.31. The van der Waals surface area contributed by atoms with Gasteiger partial charge in [-0.3, -0.25) is 9.59 Å². The molecule has 0 atom stereocenters. The van der Waals surface area contributed by atoms with Crippen LogP contribution >= 0.6 is 0 Å². The number of hydrogen-bond acceptors (Lipinski definition) is 4. The van der Waals surface area contributed by atoms with Crippen LogP contribution in [0, 0.1) is 0 Å². The first-order chi connectivity index (χ1) is 15.1. The maximum absolute atomic E-state index is 12.4. The topological polar surface area (TPSA) is 79.5 Å². The lowest BCUT2D eigenvalue weighted by atomic mass is 10.1. The van der Waals surface area contributed by atoms with Gasteiger partial charge < -0.3 is 20.7 Å². The molecule has 0 heterocycles. The summed E-state index contributed by atoms with van der Waals surface area (Å²) in [5.41, 5.74) is 3.19. The third-order valence-electron chi connectivity index (χ3n) is 4.60. The number of benzene rings is 3. The molecule has 31 heavy (non-hydrogen) atoms. The Hall–Kier alpha value is -3.80. The second-order valence-corrected chi connectivity index (χ2v) is 6.93. The number of carbonyl (C=O) groups excluding carboxylic acids is 2. The molecule has 0 radical (unpaired) electrons. The lowest BCUT2D eigenvalue weighted by Gasteiger charge is -2.10. The molecule has 3 aromatic carbocycles. The van der Waals surface area contributed by atoms with E-state index in [2.05, 4.69) is 16.0 Å². The summed E-state index contributed by atoms with van der Waals surface area (Å²) in [7, 11) is 0. The van der Waals surface area contributed by atoms with E-state index in [-0.39, 0.29) is 18.4 Å². The first-order valence-electron chi connectivity index (χ1n) is 10.3. The molecule has 3 aromatic rings. The quantitative estimate of drug-likeness (QED) is 0.464. The van der Waals surface area contributed by atoms with Crippen LogP contribution in [-0.4, -0.2) is 31.5 Å². The Morgan fingerprint density at radius 1 is 0.839 bits per heavy atom. The maximum atomic E-state index is 12.4. The van der Waals surface area contributed by atoms with Crippen molar-refractivity contribution in [2.24, 2.45) is 0 Å². The average Bonchev–Trinajstić information content (AvgIpc) is 2.80. The van der Waals surface area contributed by atoms with E-state index in [0.29, 0.717) is 24.4 Å². The van der Waals surface area contributed by atoms with Crippen molar-refractivity contribution in [3.05, 3.63) is 90.0 Å². The van der Waals surface area contributed by atoms with Crippen molar-refractivity contribution in [1.29, 1.82) is 0 Å². The van der Waals surface area contributed by atoms with Crippen molar-refractivity contribution in [1.82, 2.24) is 5.32 Å². The summed E-state index contributed by atoms with van der Waals surface area (Å²) in [4.78, 5) is 24.4. The van der Waals surface area contributed by atoms with Gasteiger partial charge in [-0.25, -0.2) is 0 Å². The minimum atomic E-state index is -0.200. The van der Waals surface area contributed by atoms with Crippen molar-refractivity contribution in [2.75, 3.05) is 30.3 Å². The van der Waals surface area contributed by atoms with E-state index in [1.165, 1.54) is 5.56 Å². The highest BCUT2D eigenvalue weighted by atomic mass is 16.5. The molecule has 0 bridgehead atoms. The fourth-order valence-corrected chi connectivity index (χ4v) is 2.98. The van der Waals surface area contributed by atoms with Crippen LogP contribution in [0.4, 0.5) is 11.4 Å². The summed E-state index contributed by atoms with van der Waals surface area (Å²) < 4.78 is 5.40. The monoisotopic (exact) mass is 417 g/mol. The van der Waals surface area contributed by atoms with Gasteiger partial charge in [0.15, 0.2) is 0 Å². The molecule has 2 amide bonds. The second kappa shape index (κ2) is 11.4. The molecule has 6 nitrogen and oxygen atoms in total. The van der Waals surface area contributed by atoms with Gasteiger partial charge in [-0.2, -0.15) is 0 Å². The van der Waals surface area contributed by atoms with Crippen LogP contribution in [0.5, 0.6) is 5.75 Å². The number of ether oxygens (including phenoxy) is 1. The third-order valence-corrected chi connectivity index (χ3v) is 4.60. The molecule has 3 rings (SSSR count). The summed E-state index contributed by atoms with van der Waals surface area (Å²) in [6, 6.07) is 24.3. The van der Waals surface area contributed by atoms with E-state index in [4.69, 9.17) is 4.74 Å². The fourth-order valence-electron chi connectivity index (χ4n) is 2.98. The van der Waals surface area contributed by atoms with Gasteiger partial charge in [0.1, 0.15) is 5.75 Å². The van der Waals surface area contributed by atoms with Crippen LogP contribution in [0.15, 0.2) is 78.9 Å². The Morgan fingerprint density at radius 3 is 2.19 bits per heavy atom. The Labute approximate surface area is 182 Å². The van der Waals surface area contributed by atoms with Crippen LogP contribution in [0.2, 0.25) is 0 Å². The van der Waals surface area contributed by atoms with Gasteiger partial charge in [0.2, 0.25) is 5.91 Å². The fraction of sp³-hybridized carbons (Fsp3) is 0.200. The number of nitrogens with one attached hydrogen (secondary N) is 3. The van der Waals surface area contributed by atoms with Crippen LogP contribution in [0.1, 0.15) is 22.8 Å². The molecular formula is C25H27N3O3. The molecule has 3 N–H and O–H groups in total. The molecule has 0 aliphatic rings. The minimum Gasteiger partial charge on any atom is -0.494 e. The van der Waals surface area contributed by atoms with Crippen LogP contribution in [0.3, 0.4) is 0 Å². The molecule has 160 valence electrons.